The van der Waals surface area contributed by atoms with Gasteiger partial charge in [0.15, 0.2) is 6.10 Å². The summed E-state index contributed by atoms with van der Waals surface area (Å²) in [7, 11) is 1.39. The molecule has 21 heavy (non-hydrogen) atoms. The first kappa shape index (κ1) is 16.9. The Balaban J connectivity index is 3.01. The zero-order valence-corrected chi connectivity index (χ0v) is 11.8. The van der Waals surface area contributed by atoms with Crippen molar-refractivity contribution >= 4 is 11.9 Å². The molecule has 0 aliphatic rings. The highest BCUT2D eigenvalue weighted by atomic mass is 16.5. The predicted octanol–water partition coefficient (Wildman–Crippen LogP) is 0.280. The summed E-state index contributed by atoms with van der Waals surface area (Å²) in [6, 6.07) is 4.28. The van der Waals surface area contributed by atoms with E-state index in [2.05, 4.69) is 4.74 Å². The van der Waals surface area contributed by atoms with E-state index in [1.54, 1.807) is 6.92 Å². The molecule has 0 amide bonds. The fourth-order valence-corrected chi connectivity index (χ4v) is 1.82. The lowest BCUT2D eigenvalue weighted by atomic mass is 10.00. The van der Waals surface area contributed by atoms with Gasteiger partial charge in [0.2, 0.25) is 0 Å². The largest absolute Gasteiger partial charge is 0.496 e. The van der Waals surface area contributed by atoms with Gasteiger partial charge in [-0.3, -0.25) is 4.79 Å². The Morgan fingerprint density at radius 2 is 1.95 bits per heavy atom. The molecule has 2 unspecified atom stereocenters. The van der Waals surface area contributed by atoms with Crippen molar-refractivity contribution in [2.75, 3.05) is 13.7 Å². The van der Waals surface area contributed by atoms with Crippen LogP contribution < -0.4 is 4.74 Å². The molecule has 0 aliphatic carbocycles. The Labute approximate surface area is 121 Å². The molecule has 0 saturated heterocycles. The maximum Gasteiger partial charge on any atom is 0.338 e. The Bertz CT molecular complexity index is 512. The first-order valence-electron chi connectivity index (χ1n) is 6.32. The lowest BCUT2D eigenvalue weighted by Gasteiger charge is -2.18. The molecular formula is C14H18O7. The number of aliphatic hydroxyl groups is 2. The van der Waals surface area contributed by atoms with E-state index in [1.165, 1.54) is 25.3 Å². The van der Waals surface area contributed by atoms with Gasteiger partial charge in [-0.05, 0) is 24.6 Å². The number of rotatable bonds is 7. The molecule has 0 radical (unpaired) electrons. The molecule has 7 heteroatoms. The van der Waals surface area contributed by atoms with Crippen LogP contribution in [0.5, 0.6) is 5.75 Å². The molecule has 2 atom stereocenters. The number of carbonyl (C=O) groups excluding carboxylic acids is 1. The van der Waals surface area contributed by atoms with Gasteiger partial charge in [0.1, 0.15) is 11.9 Å². The lowest BCUT2D eigenvalue weighted by Crippen LogP contribution is -2.30. The molecule has 1 rings (SSSR count). The van der Waals surface area contributed by atoms with Crippen LogP contribution in [0.4, 0.5) is 0 Å². The lowest BCUT2D eigenvalue weighted by molar-refractivity contribution is -0.159. The molecule has 0 heterocycles. The summed E-state index contributed by atoms with van der Waals surface area (Å²) in [6.45, 7) is 1.66. The minimum Gasteiger partial charge on any atom is -0.496 e. The highest BCUT2D eigenvalue weighted by Gasteiger charge is 2.27. The first-order chi connectivity index (χ1) is 9.90. The predicted molar refractivity (Wildman–Crippen MR) is 71.9 cm³/mol. The minimum atomic E-state index is -1.74. The van der Waals surface area contributed by atoms with Crippen molar-refractivity contribution in [3.05, 3.63) is 29.3 Å². The maximum atomic E-state index is 11.4. The molecular weight excluding hydrogens is 280 g/mol. The Kier molecular flexibility index (Phi) is 6.13. The van der Waals surface area contributed by atoms with Crippen LogP contribution in [-0.2, 0) is 20.7 Å². The molecule has 0 bridgehead atoms. The summed E-state index contributed by atoms with van der Waals surface area (Å²) in [5.74, 6) is -1.66. The quantitative estimate of drug-likeness (QED) is 0.619. The van der Waals surface area contributed by atoms with Crippen LogP contribution in [0.15, 0.2) is 18.2 Å². The van der Waals surface area contributed by atoms with Gasteiger partial charge in [-0.15, -0.1) is 0 Å². The van der Waals surface area contributed by atoms with Gasteiger partial charge in [0.25, 0.3) is 0 Å². The number of carbonyl (C=O) groups is 2. The van der Waals surface area contributed by atoms with E-state index < -0.39 is 24.1 Å². The van der Waals surface area contributed by atoms with Crippen molar-refractivity contribution < 1.29 is 34.4 Å². The zero-order valence-electron chi connectivity index (χ0n) is 11.8. The van der Waals surface area contributed by atoms with Gasteiger partial charge in [-0.1, -0.05) is 6.07 Å². The third-order valence-corrected chi connectivity index (χ3v) is 2.81. The van der Waals surface area contributed by atoms with E-state index in [0.717, 1.165) is 0 Å². The summed E-state index contributed by atoms with van der Waals surface area (Å²) in [4.78, 5) is 22.2. The van der Waals surface area contributed by atoms with E-state index in [4.69, 9.17) is 9.84 Å². The Morgan fingerprint density at radius 1 is 1.29 bits per heavy atom. The third-order valence-electron chi connectivity index (χ3n) is 2.81. The fourth-order valence-electron chi connectivity index (χ4n) is 1.82. The number of aliphatic carboxylic acids is 1. The number of methoxy groups -OCH3 is 1. The van der Waals surface area contributed by atoms with Crippen LogP contribution in [0.1, 0.15) is 24.2 Å². The standard InChI is InChI=1S/C14H18O7/c1-3-21-14(19)13(18)12(17)8-4-5-10(20-2)9(6-8)7-11(15)16/h4-6,12-13,17-18H,3,7H2,1-2H3,(H,15,16). The van der Waals surface area contributed by atoms with Crippen molar-refractivity contribution in [3.63, 3.8) is 0 Å². The van der Waals surface area contributed by atoms with Crippen molar-refractivity contribution in [1.82, 2.24) is 0 Å². The summed E-state index contributed by atoms with van der Waals surface area (Å²) < 4.78 is 9.65. The monoisotopic (exact) mass is 298 g/mol. The topological polar surface area (TPSA) is 113 Å². The number of aliphatic hydroxyl groups excluding tert-OH is 2. The summed E-state index contributed by atoms with van der Waals surface area (Å²) in [5.41, 5.74) is 0.533. The average molecular weight is 298 g/mol. The van der Waals surface area contributed by atoms with Crippen LogP contribution in [0, 0.1) is 0 Å². The number of carboxylic acids is 1. The molecule has 1 aromatic rings. The third kappa shape index (κ3) is 4.44. The Hall–Kier alpha value is -2.12. The molecule has 0 fully saturated rings. The van der Waals surface area contributed by atoms with E-state index in [-0.39, 0.29) is 18.6 Å². The average Bonchev–Trinajstić information content (AvgIpc) is 2.45. The Morgan fingerprint density at radius 3 is 2.48 bits per heavy atom. The normalized spacial score (nSPS) is 13.3. The summed E-state index contributed by atoms with van der Waals surface area (Å²) in [6.07, 6.45) is -3.56. The number of hydrogen-bond donors (Lipinski definition) is 3. The minimum absolute atomic E-state index is 0.0789. The van der Waals surface area contributed by atoms with Crippen molar-refractivity contribution in [2.45, 2.75) is 25.6 Å². The van der Waals surface area contributed by atoms with Gasteiger partial charge >= 0.3 is 11.9 Å². The summed E-state index contributed by atoms with van der Waals surface area (Å²) >= 11 is 0. The van der Waals surface area contributed by atoms with Crippen LogP contribution in [0.3, 0.4) is 0 Å². The van der Waals surface area contributed by atoms with E-state index >= 15 is 0 Å². The molecule has 1 aromatic carbocycles. The second-order valence-electron chi connectivity index (χ2n) is 4.28. The van der Waals surface area contributed by atoms with Crippen molar-refractivity contribution in [1.29, 1.82) is 0 Å². The van der Waals surface area contributed by atoms with Gasteiger partial charge < -0.3 is 24.8 Å². The number of esters is 1. The number of benzene rings is 1. The number of carboxylic acid groups (broad SMARTS) is 1. The molecule has 7 nitrogen and oxygen atoms in total. The number of hydrogen-bond acceptors (Lipinski definition) is 6. The van der Waals surface area contributed by atoms with E-state index in [9.17, 15) is 19.8 Å². The maximum absolute atomic E-state index is 11.4. The fraction of sp³-hybridized carbons (Fsp3) is 0.429. The van der Waals surface area contributed by atoms with E-state index in [0.29, 0.717) is 11.3 Å². The highest BCUT2D eigenvalue weighted by molar-refractivity contribution is 5.75. The van der Waals surface area contributed by atoms with Gasteiger partial charge in [-0.2, -0.15) is 0 Å². The van der Waals surface area contributed by atoms with Crippen LogP contribution in [0.2, 0.25) is 0 Å². The van der Waals surface area contributed by atoms with Crippen LogP contribution >= 0.6 is 0 Å². The van der Waals surface area contributed by atoms with Crippen molar-refractivity contribution in [2.24, 2.45) is 0 Å². The second-order valence-corrected chi connectivity index (χ2v) is 4.28. The van der Waals surface area contributed by atoms with Crippen LogP contribution in [0.25, 0.3) is 0 Å². The zero-order chi connectivity index (χ0) is 16.0. The molecule has 0 saturated carbocycles. The number of ether oxygens (including phenoxy) is 2. The first-order valence-corrected chi connectivity index (χ1v) is 6.32. The van der Waals surface area contributed by atoms with Gasteiger partial charge in [0, 0.05) is 5.56 Å². The molecule has 0 aromatic heterocycles. The highest BCUT2D eigenvalue weighted by Crippen LogP contribution is 2.26. The molecule has 3 N–H and O–H groups in total. The molecule has 116 valence electrons. The smallest absolute Gasteiger partial charge is 0.338 e. The van der Waals surface area contributed by atoms with Gasteiger partial charge in [0.05, 0.1) is 20.1 Å². The molecule has 0 aliphatic heterocycles. The van der Waals surface area contributed by atoms with E-state index in [1.807, 2.05) is 0 Å². The van der Waals surface area contributed by atoms with Crippen molar-refractivity contribution in [3.8, 4) is 5.75 Å². The SMILES string of the molecule is CCOC(=O)C(O)C(O)c1ccc(OC)c(CC(=O)O)c1. The second kappa shape index (κ2) is 7.61. The summed E-state index contributed by atoms with van der Waals surface area (Å²) in [5, 5.41) is 28.5. The van der Waals surface area contributed by atoms with Gasteiger partial charge in [-0.25, -0.2) is 4.79 Å². The van der Waals surface area contributed by atoms with Crippen LogP contribution in [-0.4, -0.2) is 47.1 Å². The molecule has 0 spiro atoms.